The number of amides is 2. The number of H-pyrrole nitrogens is 1. The molecule has 0 aliphatic carbocycles. The van der Waals surface area contributed by atoms with Gasteiger partial charge in [0.2, 0.25) is 10.0 Å². The number of carbonyl (C=O) groups is 1. The molecule has 9 heteroatoms. The zero-order chi connectivity index (χ0) is 18.9. The number of hydrogen-bond donors (Lipinski definition) is 1. The van der Waals surface area contributed by atoms with Crippen LogP contribution >= 0.6 is 0 Å². The number of anilines is 1. The van der Waals surface area contributed by atoms with Gasteiger partial charge in [-0.2, -0.15) is 5.10 Å². The molecule has 8 nitrogen and oxygen atoms in total. The Kier molecular flexibility index (Phi) is 5.01. The lowest BCUT2D eigenvalue weighted by Crippen LogP contribution is -2.43. The highest BCUT2D eigenvalue weighted by molar-refractivity contribution is 7.89. The SMILES string of the molecule is CN(Cc1ccn[nH]1)C(=O)N1CCCc2ccc(S(=O)(=O)N(C)C)cc21. The summed E-state index contributed by atoms with van der Waals surface area (Å²) in [5.74, 6) is 0. The lowest BCUT2D eigenvalue weighted by atomic mass is 10.0. The smallest absolute Gasteiger partial charge is 0.322 e. The first kappa shape index (κ1) is 18.4. The summed E-state index contributed by atoms with van der Waals surface area (Å²) < 4.78 is 26.1. The Morgan fingerprint density at radius 2 is 2.04 bits per heavy atom. The zero-order valence-electron chi connectivity index (χ0n) is 15.1. The second kappa shape index (κ2) is 7.08. The van der Waals surface area contributed by atoms with Crippen molar-refractivity contribution in [2.24, 2.45) is 0 Å². The Labute approximate surface area is 153 Å². The second-order valence-corrected chi connectivity index (χ2v) is 8.71. The highest BCUT2D eigenvalue weighted by Crippen LogP contribution is 2.31. The summed E-state index contributed by atoms with van der Waals surface area (Å²) in [4.78, 5) is 16.4. The topological polar surface area (TPSA) is 89.6 Å². The predicted octanol–water partition coefficient (Wildman–Crippen LogP) is 1.66. The second-order valence-electron chi connectivity index (χ2n) is 6.55. The number of benzene rings is 1. The summed E-state index contributed by atoms with van der Waals surface area (Å²) in [6.07, 6.45) is 3.31. The van der Waals surface area contributed by atoms with Crippen LogP contribution in [0.25, 0.3) is 0 Å². The van der Waals surface area contributed by atoms with Crippen molar-refractivity contribution in [2.75, 3.05) is 32.6 Å². The highest BCUT2D eigenvalue weighted by atomic mass is 32.2. The summed E-state index contributed by atoms with van der Waals surface area (Å²) in [6, 6.07) is 6.66. The van der Waals surface area contributed by atoms with Crippen LogP contribution in [0.15, 0.2) is 35.4 Å². The quantitative estimate of drug-likeness (QED) is 0.878. The molecule has 3 rings (SSSR count). The van der Waals surface area contributed by atoms with Crippen molar-refractivity contribution in [2.45, 2.75) is 24.3 Å². The van der Waals surface area contributed by atoms with Crippen LogP contribution in [0.2, 0.25) is 0 Å². The lowest BCUT2D eigenvalue weighted by molar-refractivity contribution is 0.212. The first-order chi connectivity index (χ1) is 12.3. The van der Waals surface area contributed by atoms with Crippen molar-refractivity contribution in [3.8, 4) is 0 Å². The predicted molar refractivity (Wildman–Crippen MR) is 98.4 cm³/mol. The van der Waals surface area contributed by atoms with Crippen LogP contribution in [-0.2, 0) is 23.0 Å². The normalized spacial score (nSPS) is 14.4. The van der Waals surface area contributed by atoms with E-state index in [1.807, 2.05) is 6.07 Å². The number of urea groups is 1. The van der Waals surface area contributed by atoms with Gasteiger partial charge in [-0.15, -0.1) is 0 Å². The Balaban J connectivity index is 1.91. The highest BCUT2D eigenvalue weighted by Gasteiger charge is 2.27. The fourth-order valence-electron chi connectivity index (χ4n) is 3.03. The van der Waals surface area contributed by atoms with E-state index in [2.05, 4.69) is 10.2 Å². The van der Waals surface area contributed by atoms with Crippen molar-refractivity contribution in [3.05, 3.63) is 41.7 Å². The van der Waals surface area contributed by atoms with E-state index in [-0.39, 0.29) is 10.9 Å². The molecule has 140 valence electrons. The summed E-state index contributed by atoms with van der Waals surface area (Å²) in [6.45, 7) is 0.963. The molecule has 0 atom stereocenters. The van der Waals surface area contributed by atoms with Crippen molar-refractivity contribution >= 4 is 21.7 Å². The van der Waals surface area contributed by atoms with Gasteiger partial charge < -0.3 is 4.90 Å². The van der Waals surface area contributed by atoms with E-state index in [1.165, 1.54) is 18.4 Å². The minimum atomic E-state index is -3.55. The third kappa shape index (κ3) is 3.45. The van der Waals surface area contributed by atoms with Gasteiger partial charge in [0.05, 0.1) is 17.1 Å². The molecule has 2 heterocycles. The Morgan fingerprint density at radius 1 is 1.27 bits per heavy atom. The average Bonchev–Trinajstić information content (AvgIpc) is 3.12. The van der Waals surface area contributed by atoms with Gasteiger partial charge in [0, 0.05) is 39.6 Å². The van der Waals surface area contributed by atoms with Gasteiger partial charge >= 0.3 is 6.03 Å². The molecule has 0 radical (unpaired) electrons. The molecule has 0 unspecified atom stereocenters. The standard InChI is InChI=1S/C17H23N5O3S/c1-20(2)26(24,25)15-7-6-13-5-4-10-22(16(13)11-15)17(23)21(3)12-14-8-9-18-19-14/h6-9,11H,4-5,10,12H2,1-3H3,(H,18,19). The Bertz CT molecular complexity index is 893. The Morgan fingerprint density at radius 3 is 2.69 bits per heavy atom. The van der Waals surface area contributed by atoms with Crippen molar-refractivity contribution in [1.29, 1.82) is 0 Å². The van der Waals surface area contributed by atoms with Crippen LogP contribution in [0, 0.1) is 0 Å². The number of fused-ring (bicyclic) bond motifs is 1. The van der Waals surface area contributed by atoms with Crippen molar-refractivity contribution in [3.63, 3.8) is 0 Å². The largest absolute Gasteiger partial charge is 0.324 e. The van der Waals surface area contributed by atoms with Gasteiger partial charge in [-0.1, -0.05) is 6.07 Å². The molecule has 2 aromatic rings. The minimum absolute atomic E-state index is 0.167. The molecule has 0 saturated carbocycles. The van der Waals surface area contributed by atoms with Crippen LogP contribution in [-0.4, -0.2) is 61.5 Å². The Hall–Kier alpha value is -2.39. The van der Waals surface area contributed by atoms with Gasteiger partial charge in [-0.3, -0.25) is 10.00 Å². The van der Waals surface area contributed by atoms with Crippen LogP contribution < -0.4 is 4.90 Å². The number of nitrogens with one attached hydrogen (secondary N) is 1. The molecule has 26 heavy (non-hydrogen) atoms. The molecule has 1 aliphatic rings. The molecule has 1 aromatic carbocycles. The molecule has 1 aromatic heterocycles. The van der Waals surface area contributed by atoms with Crippen molar-refractivity contribution < 1.29 is 13.2 Å². The lowest BCUT2D eigenvalue weighted by Gasteiger charge is -2.33. The van der Waals surface area contributed by atoms with Crippen LogP contribution in [0.5, 0.6) is 0 Å². The van der Waals surface area contributed by atoms with Crippen molar-refractivity contribution in [1.82, 2.24) is 19.4 Å². The molecule has 1 aliphatic heterocycles. The number of aromatic nitrogens is 2. The van der Waals surface area contributed by atoms with E-state index in [0.29, 0.717) is 18.8 Å². The fourth-order valence-corrected chi connectivity index (χ4v) is 3.95. The van der Waals surface area contributed by atoms with E-state index < -0.39 is 10.0 Å². The number of rotatable bonds is 4. The number of sulfonamides is 1. The zero-order valence-corrected chi connectivity index (χ0v) is 16.0. The maximum absolute atomic E-state index is 12.9. The van der Waals surface area contributed by atoms with E-state index >= 15 is 0 Å². The molecule has 1 N–H and O–H groups in total. The molecular weight excluding hydrogens is 354 g/mol. The first-order valence-electron chi connectivity index (χ1n) is 8.37. The van der Waals surface area contributed by atoms with Crippen LogP contribution in [0.3, 0.4) is 0 Å². The van der Waals surface area contributed by atoms with E-state index in [1.54, 1.807) is 41.2 Å². The first-order valence-corrected chi connectivity index (χ1v) is 9.81. The number of hydrogen-bond acceptors (Lipinski definition) is 4. The van der Waals surface area contributed by atoms with E-state index in [0.717, 1.165) is 24.1 Å². The van der Waals surface area contributed by atoms with Gasteiger partial charge in [-0.25, -0.2) is 17.5 Å². The molecule has 0 bridgehead atoms. The molecule has 0 spiro atoms. The van der Waals surface area contributed by atoms with Crippen LogP contribution in [0.1, 0.15) is 17.7 Å². The van der Waals surface area contributed by atoms with E-state index in [9.17, 15) is 13.2 Å². The number of carbonyl (C=O) groups excluding carboxylic acids is 1. The van der Waals surface area contributed by atoms with Gasteiger partial charge in [0.15, 0.2) is 0 Å². The third-order valence-corrected chi connectivity index (χ3v) is 6.29. The summed E-state index contributed by atoms with van der Waals surface area (Å²) >= 11 is 0. The fraction of sp³-hybridized carbons (Fsp3) is 0.412. The minimum Gasteiger partial charge on any atom is -0.322 e. The summed E-state index contributed by atoms with van der Waals surface area (Å²) in [5.41, 5.74) is 2.49. The van der Waals surface area contributed by atoms with Gasteiger partial charge in [0.25, 0.3) is 0 Å². The third-order valence-electron chi connectivity index (χ3n) is 4.48. The maximum Gasteiger partial charge on any atom is 0.324 e. The molecule has 2 amide bonds. The van der Waals surface area contributed by atoms with Gasteiger partial charge in [0.1, 0.15) is 0 Å². The number of aromatic amines is 1. The molecule has 0 fully saturated rings. The summed E-state index contributed by atoms with van der Waals surface area (Å²) in [5, 5.41) is 6.73. The maximum atomic E-state index is 12.9. The average molecular weight is 377 g/mol. The number of nitrogens with zero attached hydrogens (tertiary/aromatic N) is 4. The molecule has 0 saturated heterocycles. The van der Waals surface area contributed by atoms with E-state index in [4.69, 9.17) is 0 Å². The summed E-state index contributed by atoms with van der Waals surface area (Å²) in [7, 11) is 1.16. The molecular formula is C17H23N5O3S. The number of aryl methyl sites for hydroxylation is 1. The van der Waals surface area contributed by atoms with Gasteiger partial charge in [-0.05, 0) is 36.6 Å². The monoisotopic (exact) mass is 377 g/mol. The van der Waals surface area contributed by atoms with Crippen LogP contribution in [0.4, 0.5) is 10.5 Å².